The van der Waals surface area contributed by atoms with E-state index in [9.17, 15) is 18.4 Å². The van der Waals surface area contributed by atoms with Crippen LogP contribution in [0.3, 0.4) is 0 Å². The SMILES string of the molecule is NC(=O)C1(NC(=O)Cc2ccc(F)cc2F)CCNCC1. The molecule has 4 N–H and O–H groups in total. The fraction of sp³-hybridized carbons (Fsp3) is 0.429. The molecule has 0 spiro atoms. The van der Waals surface area contributed by atoms with Gasteiger partial charge in [-0.2, -0.15) is 0 Å². The minimum atomic E-state index is -1.10. The van der Waals surface area contributed by atoms with E-state index in [-0.39, 0.29) is 12.0 Å². The topological polar surface area (TPSA) is 84.2 Å². The van der Waals surface area contributed by atoms with Crippen molar-refractivity contribution < 1.29 is 18.4 Å². The Kier molecular flexibility index (Phi) is 4.52. The van der Waals surface area contributed by atoms with Crippen LogP contribution in [-0.4, -0.2) is 30.4 Å². The molecule has 1 aliphatic heterocycles. The molecule has 0 saturated carbocycles. The van der Waals surface area contributed by atoms with E-state index in [2.05, 4.69) is 10.6 Å². The Bertz CT molecular complexity index is 557. The van der Waals surface area contributed by atoms with Gasteiger partial charge in [-0.05, 0) is 37.6 Å². The molecule has 0 radical (unpaired) electrons. The van der Waals surface area contributed by atoms with Gasteiger partial charge in [-0.3, -0.25) is 9.59 Å². The van der Waals surface area contributed by atoms with Crippen molar-refractivity contribution in [1.82, 2.24) is 10.6 Å². The van der Waals surface area contributed by atoms with Crippen molar-refractivity contribution in [3.8, 4) is 0 Å². The van der Waals surface area contributed by atoms with Crippen LogP contribution in [0.4, 0.5) is 8.78 Å². The molecule has 0 bridgehead atoms. The lowest BCUT2D eigenvalue weighted by atomic mass is 9.87. The number of benzene rings is 1. The molecule has 114 valence electrons. The second-order valence-corrected chi connectivity index (χ2v) is 5.16. The number of amides is 2. The highest BCUT2D eigenvalue weighted by Crippen LogP contribution is 2.18. The van der Waals surface area contributed by atoms with Gasteiger partial charge in [0.2, 0.25) is 11.8 Å². The molecule has 1 aromatic rings. The van der Waals surface area contributed by atoms with Gasteiger partial charge in [0.05, 0.1) is 6.42 Å². The van der Waals surface area contributed by atoms with Crippen LogP contribution in [0.2, 0.25) is 0 Å². The predicted octanol–water partition coefficient (Wildman–Crippen LogP) is 0.231. The van der Waals surface area contributed by atoms with Gasteiger partial charge in [0.1, 0.15) is 17.2 Å². The predicted molar refractivity (Wildman–Crippen MR) is 72.2 cm³/mol. The first-order valence-corrected chi connectivity index (χ1v) is 6.68. The molecule has 0 aromatic heterocycles. The van der Waals surface area contributed by atoms with Crippen molar-refractivity contribution in [2.24, 2.45) is 5.73 Å². The number of carbonyl (C=O) groups excluding carboxylic acids is 2. The second-order valence-electron chi connectivity index (χ2n) is 5.16. The van der Waals surface area contributed by atoms with Gasteiger partial charge in [0.25, 0.3) is 0 Å². The summed E-state index contributed by atoms with van der Waals surface area (Å²) in [5.41, 5.74) is 4.36. The van der Waals surface area contributed by atoms with Crippen LogP contribution in [0.15, 0.2) is 18.2 Å². The molecule has 21 heavy (non-hydrogen) atoms. The Morgan fingerprint density at radius 1 is 1.29 bits per heavy atom. The molecule has 5 nitrogen and oxygen atoms in total. The zero-order valence-electron chi connectivity index (χ0n) is 11.4. The van der Waals surface area contributed by atoms with Crippen LogP contribution in [-0.2, 0) is 16.0 Å². The molecule has 1 fully saturated rings. The van der Waals surface area contributed by atoms with Crippen LogP contribution < -0.4 is 16.4 Å². The molecule has 1 aliphatic rings. The van der Waals surface area contributed by atoms with E-state index in [1.807, 2.05) is 0 Å². The van der Waals surface area contributed by atoms with E-state index >= 15 is 0 Å². The molecular weight excluding hydrogens is 280 g/mol. The maximum atomic E-state index is 13.5. The van der Waals surface area contributed by atoms with Crippen LogP contribution in [0.5, 0.6) is 0 Å². The molecule has 0 aliphatic carbocycles. The number of rotatable bonds is 4. The number of primary amides is 1. The van der Waals surface area contributed by atoms with Gasteiger partial charge in [0, 0.05) is 6.07 Å². The average molecular weight is 297 g/mol. The Morgan fingerprint density at radius 3 is 2.52 bits per heavy atom. The molecule has 1 heterocycles. The van der Waals surface area contributed by atoms with Crippen molar-refractivity contribution in [2.75, 3.05) is 13.1 Å². The van der Waals surface area contributed by atoms with E-state index < -0.39 is 29.0 Å². The molecule has 1 aromatic carbocycles. The van der Waals surface area contributed by atoms with Crippen molar-refractivity contribution in [2.45, 2.75) is 24.8 Å². The van der Waals surface area contributed by atoms with Gasteiger partial charge < -0.3 is 16.4 Å². The van der Waals surface area contributed by atoms with Crippen molar-refractivity contribution in [1.29, 1.82) is 0 Å². The Morgan fingerprint density at radius 2 is 1.95 bits per heavy atom. The summed E-state index contributed by atoms with van der Waals surface area (Å²) >= 11 is 0. The zero-order valence-corrected chi connectivity index (χ0v) is 11.4. The monoisotopic (exact) mass is 297 g/mol. The van der Waals surface area contributed by atoms with Crippen molar-refractivity contribution in [3.63, 3.8) is 0 Å². The van der Waals surface area contributed by atoms with Crippen LogP contribution in [0.25, 0.3) is 0 Å². The summed E-state index contributed by atoms with van der Waals surface area (Å²) in [4.78, 5) is 23.7. The van der Waals surface area contributed by atoms with Gasteiger partial charge in [-0.25, -0.2) is 8.78 Å². The first kappa shape index (κ1) is 15.4. The average Bonchev–Trinajstić information content (AvgIpc) is 2.43. The fourth-order valence-electron chi connectivity index (χ4n) is 2.44. The van der Waals surface area contributed by atoms with E-state index in [1.54, 1.807) is 0 Å². The first-order valence-electron chi connectivity index (χ1n) is 6.68. The molecule has 2 amide bonds. The first-order chi connectivity index (χ1) is 9.93. The molecular formula is C14H17F2N3O2. The van der Waals surface area contributed by atoms with Crippen LogP contribution in [0.1, 0.15) is 18.4 Å². The molecule has 0 unspecified atom stereocenters. The van der Waals surface area contributed by atoms with Crippen LogP contribution in [0, 0.1) is 11.6 Å². The number of hydrogen-bond donors (Lipinski definition) is 3. The summed E-state index contributed by atoms with van der Waals surface area (Å²) in [7, 11) is 0. The third-order valence-corrected chi connectivity index (χ3v) is 3.67. The largest absolute Gasteiger partial charge is 0.368 e. The summed E-state index contributed by atoms with van der Waals surface area (Å²) < 4.78 is 26.3. The normalized spacial score (nSPS) is 17.2. The zero-order chi connectivity index (χ0) is 15.5. The third kappa shape index (κ3) is 3.55. The lowest BCUT2D eigenvalue weighted by Gasteiger charge is -2.35. The number of piperidine rings is 1. The van der Waals surface area contributed by atoms with Crippen LogP contribution >= 0.6 is 0 Å². The lowest BCUT2D eigenvalue weighted by Crippen LogP contribution is -2.62. The Balaban J connectivity index is 2.07. The number of hydrogen-bond acceptors (Lipinski definition) is 3. The second kappa shape index (κ2) is 6.17. The summed E-state index contributed by atoms with van der Waals surface area (Å²) in [6.45, 7) is 1.13. The summed E-state index contributed by atoms with van der Waals surface area (Å²) in [5.74, 6) is -2.61. The number of halogens is 2. The maximum Gasteiger partial charge on any atom is 0.243 e. The standard InChI is InChI=1S/C14H17F2N3O2/c15-10-2-1-9(11(16)8-10)7-12(20)19-14(13(17)21)3-5-18-6-4-14/h1-2,8,18H,3-7H2,(H2,17,21)(H,19,20). The molecule has 0 atom stereocenters. The molecule has 2 rings (SSSR count). The summed E-state index contributed by atoms with van der Waals surface area (Å²) in [5, 5.41) is 5.68. The molecule has 1 saturated heterocycles. The third-order valence-electron chi connectivity index (χ3n) is 3.67. The van der Waals surface area contributed by atoms with Crippen molar-refractivity contribution in [3.05, 3.63) is 35.4 Å². The summed E-state index contributed by atoms with van der Waals surface area (Å²) in [6, 6.07) is 3.01. The quantitative estimate of drug-likeness (QED) is 0.744. The van der Waals surface area contributed by atoms with E-state index in [0.717, 1.165) is 12.1 Å². The lowest BCUT2D eigenvalue weighted by molar-refractivity contribution is -0.132. The minimum Gasteiger partial charge on any atom is -0.368 e. The van der Waals surface area contributed by atoms with Gasteiger partial charge in [-0.1, -0.05) is 6.07 Å². The van der Waals surface area contributed by atoms with E-state index in [0.29, 0.717) is 25.9 Å². The van der Waals surface area contributed by atoms with Gasteiger partial charge >= 0.3 is 0 Å². The highest BCUT2D eigenvalue weighted by molar-refractivity contribution is 5.91. The summed E-state index contributed by atoms with van der Waals surface area (Å²) in [6.07, 6.45) is 0.508. The minimum absolute atomic E-state index is 0.0717. The van der Waals surface area contributed by atoms with Gasteiger partial charge in [0.15, 0.2) is 0 Å². The van der Waals surface area contributed by atoms with E-state index in [1.165, 1.54) is 6.07 Å². The fourth-order valence-corrected chi connectivity index (χ4v) is 2.44. The van der Waals surface area contributed by atoms with E-state index in [4.69, 9.17) is 5.73 Å². The van der Waals surface area contributed by atoms with Crippen molar-refractivity contribution >= 4 is 11.8 Å². The number of nitrogens with two attached hydrogens (primary N) is 1. The Labute approximate surface area is 120 Å². The Hall–Kier alpha value is -2.02. The highest BCUT2D eigenvalue weighted by atomic mass is 19.1. The number of carbonyl (C=O) groups is 2. The number of nitrogens with one attached hydrogen (secondary N) is 2. The van der Waals surface area contributed by atoms with Gasteiger partial charge in [-0.15, -0.1) is 0 Å². The molecule has 7 heteroatoms. The highest BCUT2D eigenvalue weighted by Gasteiger charge is 2.39. The maximum absolute atomic E-state index is 13.5. The smallest absolute Gasteiger partial charge is 0.243 e.